The molecule has 1 amide bonds. The van der Waals surface area contributed by atoms with Crippen molar-refractivity contribution in [3.63, 3.8) is 0 Å². The molecule has 4 rings (SSSR count). The number of pyridine rings is 1. The second-order valence-electron chi connectivity index (χ2n) is 6.71. The van der Waals surface area contributed by atoms with Crippen LogP contribution in [0.2, 0.25) is 0 Å². The van der Waals surface area contributed by atoms with E-state index in [9.17, 15) is 9.18 Å². The van der Waals surface area contributed by atoms with E-state index in [0.717, 1.165) is 16.5 Å². The Morgan fingerprint density at radius 2 is 1.97 bits per heavy atom. The van der Waals surface area contributed by atoms with Crippen molar-refractivity contribution in [1.82, 2.24) is 9.97 Å². The average Bonchev–Trinajstić information content (AvgIpc) is 3.24. The van der Waals surface area contributed by atoms with Crippen molar-refractivity contribution in [3.8, 4) is 0 Å². The van der Waals surface area contributed by atoms with E-state index in [1.165, 1.54) is 18.4 Å². The number of oxazole rings is 1. The first kappa shape index (κ1) is 18.8. The summed E-state index contributed by atoms with van der Waals surface area (Å²) in [5.74, 6) is -0.389. The van der Waals surface area contributed by atoms with Gasteiger partial charge in [-0.3, -0.25) is 9.78 Å². The fourth-order valence-electron chi connectivity index (χ4n) is 2.99. The maximum absolute atomic E-state index is 13.0. The molecule has 146 valence electrons. The van der Waals surface area contributed by atoms with Crippen molar-refractivity contribution in [2.24, 2.45) is 5.73 Å². The zero-order valence-electron chi connectivity index (χ0n) is 15.5. The Kier molecular flexibility index (Phi) is 5.31. The maximum Gasteiger partial charge on any atom is 0.277 e. The highest BCUT2D eigenvalue weighted by atomic mass is 19.1. The Morgan fingerprint density at radius 3 is 2.79 bits per heavy atom. The highest BCUT2D eigenvalue weighted by Crippen LogP contribution is 2.19. The number of nitrogens with one attached hydrogen (secondary N) is 1. The minimum Gasteiger partial charge on any atom is -0.446 e. The van der Waals surface area contributed by atoms with E-state index in [1.807, 2.05) is 30.3 Å². The number of fused-ring (bicyclic) bond motifs is 1. The van der Waals surface area contributed by atoms with Gasteiger partial charge in [-0.15, -0.1) is 0 Å². The Morgan fingerprint density at radius 1 is 1.17 bits per heavy atom. The highest BCUT2D eigenvalue weighted by molar-refractivity contribution is 6.03. The molecule has 0 aliphatic carbocycles. The van der Waals surface area contributed by atoms with Crippen LogP contribution in [0.3, 0.4) is 0 Å². The van der Waals surface area contributed by atoms with E-state index in [2.05, 4.69) is 15.3 Å². The Balaban J connectivity index is 1.39. The third kappa shape index (κ3) is 4.47. The summed E-state index contributed by atoms with van der Waals surface area (Å²) < 4.78 is 18.4. The molecule has 29 heavy (non-hydrogen) atoms. The number of aromatic nitrogens is 2. The number of halogens is 1. The molecule has 6 nitrogen and oxygen atoms in total. The summed E-state index contributed by atoms with van der Waals surface area (Å²) in [6.07, 6.45) is 4.09. The lowest BCUT2D eigenvalue weighted by molar-refractivity contribution is 0.102. The maximum atomic E-state index is 13.0. The van der Waals surface area contributed by atoms with E-state index in [-0.39, 0.29) is 17.4 Å². The van der Waals surface area contributed by atoms with Gasteiger partial charge in [0.25, 0.3) is 5.91 Å². The topological polar surface area (TPSA) is 94.0 Å². The van der Waals surface area contributed by atoms with Crippen molar-refractivity contribution >= 4 is 22.5 Å². The van der Waals surface area contributed by atoms with Gasteiger partial charge in [0.15, 0.2) is 5.69 Å². The standard InChI is InChI=1S/C22H19FN4O2/c23-16-8-5-14(6-9-16)7-10-18(24)22-27-20(13-29-22)21(28)26-17-11-15-3-1-2-4-19(15)25-12-17/h1-6,8-9,11-13,18H,7,10,24H2,(H,26,28). The van der Waals surface area contributed by atoms with Crippen LogP contribution in [-0.4, -0.2) is 15.9 Å². The number of para-hydroxylation sites is 1. The first-order valence-corrected chi connectivity index (χ1v) is 9.20. The molecule has 0 bridgehead atoms. The summed E-state index contributed by atoms with van der Waals surface area (Å²) in [6.45, 7) is 0. The molecule has 0 saturated carbocycles. The smallest absolute Gasteiger partial charge is 0.277 e. The SMILES string of the molecule is NC(CCc1ccc(F)cc1)c1nc(C(=O)Nc2cnc3ccccc3c2)co1. The largest absolute Gasteiger partial charge is 0.446 e. The van der Waals surface area contributed by atoms with Gasteiger partial charge >= 0.3 is 0 Å². The van der Waals surface area contributed by atoms with Crippen LogP contribution in [0.15, 0.2) is 71.5 Å². The molecule has 0 fully saturated rings. The van der Waals surface area contributed by atoms with Crippen molar-refractivity contribution in [3.05, 3.63) is 90.0 Å². The van der Waals surface area contributed by atoms with Gasteiger partial charge in [-0.25, -0.2) is 9.37 Å². The number of nitrogens with two attached hydrogens (primary N) is 1. The fraction of sp³-hybridized carbons (Fsp3) is 0.136. The molecule has 2 aromatic heterocycles. The van der Waals surface area contributed by atoms with Gasteiger partial charge in [0.05, 0.1) is 23.4 Å². The summed E-state index contributed by atoms with van der Waals surface area (Å²) in [7, 11) is 0. The highest BCUT2D eigenvalue weighted by Gasteiger charge is 2.17. The second kappa shape index (κ2) is 8.20. The predicted octanol–water partition coefficient (Wildman–Crippen LogP) is 4.25. The summed E-state index contributed by atoms with van der Waals surface area (Å²) in [5.41, 5.74) is 8.66. The van der Waals surface area contributed by atoms with E-state index in [1.54, 1.807) is 18.3 Å². The lowest BCUT2D eigenvalue weighted by atomic mass is 10.1. The zero-order chi connectivity index (χ0) is 20.2. The first-order chi connectivity index (χ1) is 14.1. The van der Waals surface area contributed by atoms with Crippen LogP contribution in [-0.2, 0) is 6.42 Å². The number of hydrogen-bond donors (Lipinski definition) is 2. The lowest BCUT2D eigenvalue weighted by Crippen LogP contribution is -2.15. The van der Waals surface area contributed by atoms with Crippen LogP contribution < -0.4 is 11.1 Å². The first-order valence-electron chi connectivity index (χ1n) is 9.20. The third-order valence-electron chi connectivity index (χ3n) is 4.58. The number of amides is 1. The van der Waals surface area contributed by atoms with Gasteiger partial charge in [0, 0.05) is 5.39 Å². The number of carbonyl (C=O) groups is 1. The number of anilines is 1. The number of rotatable bonds is 6. The predicted molar refractivity (Wildman–Crippen MR) is 108 cm³/mol. The minimum absolute atomic E-state index is 0.144. The van der Waals surface area contributed by atoms with Crippen molar-refractivity contribution < 1.29 is 13.6 Å². The van der Waals surface area contributed by atoms with E-state index >= 15 is 0 Å². The van der Waals surface area contributed by atoms with Crippen LogP contribution in [0.25, 0.3) is 10.9 Å². The number of nitrogens with zero attached hydrogens (tertiary/aromatic N) is 2. The van der Waals surface area contributed by atoms with Gasteiger partial charge in [0.2, 0.25) is 5.89 Å². The molecule has 2 aromatic carbocycles. The number of aryl methyl sites for hydroxylation is 1. The molecule has 0 aliphatic heterocycles. The summed E-state index contributed by atoms with van der Waals surface area (Å²) in [5, 5.41) is 3.69. The molecule has 3 N–H and O–H groups in total. The molecule has 1 atom stereocenters. The van der Waals surface area contributed by atoms with Crippen LogP contribution in [0, 0.1) is 5.82 Å². The summed E-state index contributed by atoms with van der Waals surface area (Å²) >= 11 is 0. The Labute approximate surface area is 166 Å². The lowest BCUT2D eigenvalue weighted by Gasteiger charge is -2.07. The summed E-state index contributed by atoms with van der Waals surface area (Å²) in [4.78, 5) is 21.0. The van der Waals surface area contributed by atoms with E-state index < -0.39 is 11.9 Å². The van der Waals surface area contributed by atoms with Crippen molar-refractivity contribution in [2.75, 3.05) is 5.32 Å². The van der Waals surface area contributed by atoms with Gasteiger partial charge in [-0.2, -0.15) is 0 Å². The molecule has 2 heterocycles. The van der Waals surface area contributed by atoms with Crippen LogP contribution in [0.5, 0.6) is 0 Å². The monoisotopic (exact) mass is 390 g/mol. The molecule has 0 saturated heterocycles. The van der Waals surface area contributed by atoms with E-state index in [4.69, 9.17) is 10.2 Å². The fourth-order valence-corrected chi connectivity index (χ4v) is 2.99. The Bertz CT molecular complexity index is 1140. The number of carbonyl (C=O) groups excluding carboxylic acids is 1. The molecular weight excluding hydrogens is 371 g/mol. The molecule has 0 radical (unpaired) electrons. The number of benzene rings is 2. The van der Waals surface area contributed by atoms with Crippen LogP contribution >= 0.6 is 0 Å². The van der Waals surface area contributed by atoms with Gasteiger partial charge < -0.3 is 15.5 Å². The molecule has 1 unspecified atom stereocenters. The Hall–Kier alpha value is -3.58. The van der Waals surface area contributed by atoms with Crippen LogP contribution in [0.4, 0.5) is 10.1 Å². The minimum atomic E-state index is -0.469. The van der Waals surface area contributed by atoms with Crippen molar-refractivity contribution in [2.45, 2.75) is 18.9 Å². The van der Waals surface area contributed by atoms with Crippen molar-refractivity contribution in [1.29, 1.82) is 0 Å². The molecule has 7 heteroatoms. The zero-order valence-corrected chi connectivity index (χ0v) is 15.5. The third-order valence-corrected chi connectivity index (χ3v) is 4.58. The molecular formula is C22H19FN4O2. The molecule has 0 spiro atoms. The number of hydrogen-bond acceptors (Lipinski definition) is 5. The molecule has 0 aliphatic rings. The summed E-state index contributed by atoms with van der Waals surface area (Å²) in [6, 6.07) is 15.3. The second-order valence-corrected chi connectivity index (χ2v) is 6.71. The quantitative estimate of drug-likeness (QED) is 0.513. The van der Waals surface area contributed by atoms with Gasteiger partial charge in [-0.05, 0) is 42.7 Å². The van der Waals surface area contributed by atoms with Gasteiger partial charge in [0.1, 0.15) is 12.1 Å². The van der Waals surface area contributed by atoms with E-state index in [0.29, 0.717) is 18.5 Å². The molecule has 4 aromatic rings. The normalized spacial score (nSPS) is 12.1. The average molecular weight is 390 g/mol. The van der Waals surface area contributed by atoms with Gasteiger partial charge in [-0.1, -0.05) is 30.3 Å². The van der Waals surface area contributed by atoms with Crippen LogP contribution in [0.1, 0.15) is 34.4 Å².